The largest absolute Gasteiger partial charge is 0.317 e. The van der Waals surface area contributed by atoms with Crippen LogP contribution in [0.15, 0.2) is 12.4 Å². The number of halogens is 2. The standard InChI is InChI=1S/C4H5BrFN3O2S/c5-4(12(6,10)11)3-9-7-1-2-8-9/h1-2,4H,3H2. The summed E-state index contributed by atoms with van der Waals surface area (Å²) in [5, 5.41) is 7.23. The van der Waals surface area contributed by atoms with Crippen LogP contribution in [0.5, 0.6) is 0 Å². The third-order valence-electron chi connectivity index (χ3n) is 1.08. The molecule has 1 rings (SSSR count). The van der Waals surface area contributed by atoms with Gasteiger partial charge in [-0.2, -0.15) is 23.4 Å². The molecule has 0 saturated carbocycles. The summed E-state index contributed by atoms with van der Waals surface area (Å²) >= 11 is 2.66. The maximum absolute atomic E-state index is 12.2. The molecule has 1 aromatic rings. The Bertz CT molecular complexity index is 337. The minimum Gasteiger partial charge on any atom is -0.194 e. The van der Waals surface area contributed by atoms with Crippen LogP contribution in [0.25, 0.3) is 0 Å². The van der Waals surface area contributed by atoms with E-state index >= 15 is 0 Å². The van der Waals surface area contributed by atoms with Crippen molar-refractivity contribution in [3.05, 3.63) is 12.4 Å². The molecule has 12 heavy (non-hydrogen) atoms. The minimum absolute atomic E-state index is 0.147. The van der Waals surface area contributed by atoms with E-state index in [1.807, 2.05) is 0 Å². The van der Waals surface area contributed by atoms with Crippen molar-refractivity contribution in [2.45, 2.75) is 10.7 Å². The van der Waals surface area contributed by atoms with Gasteiger partial charge in [-0.1, -0.05) is 15.9 Å². The maximum Gasteiger partial charge on any atom is 0.317 e. The number of alkyl halides is 1. The monoisotopic (exact) mass is 257 g/mol. The van der Waals surface area contributed by atoms with Gasteiger partial charge in [-0.15, -0.1) is 3.89 Å². The Morgan fingerprint density at radius 3 is 2.42 bits per heavy atom. The van der Waals surface area contributed by atoms with Gasteiger partial charge in [-0.05, 0) is 0 Å². The minimum atomic E-state index is -4.56. The first-order valence-corrected chi connectivity index (χ1v) is 5.28. The van der Waals surface area contributed by atoms with Crippen LogP contribution in [0.3, 0.4) is 0 Å². The zero-order valence-corrected chi connectivity index (χ0v) is 8.16. The van der Waals surface area contributed by atoms with E-state index in [1.165, 1.54) is 12.4 Å². The normalized spacial score (nSPS) is 14.5. The summed E-state index contributed by atoms with van der Waals surface area (Å²) in [5.74, 6) is 0. The molecule has 0 aromatic carbocycles. The average molecular weight is 258 g/mol. The number of hydrogen-bond donors (Lipinski definition) is 0. The van der Waals surface area contributed by atoms with Crippen LogP contribution in [-0.4, -0.2) is 27.6 Å². The van der Waals surface area contributed by atoms with E-state index in [0.29, 0.717) is 0 Å². The summed E-state index contributed by atoms with van der Waals surface area (Å²) in [4.78, 5) is 1.08. The summed E-state index contributed by atoms with van der Waals surface area (Å²) in [6, 6.07) is 0. The molecule has 1 aromatic heterocycles. The first-order valence-electron chi connectivity index (χ1n) is 2.92. The molecule has 0 radical (unpaired) electrons. The molecule has 0 aliphatic heterocycles. The van der Waals surface area contributed by atoms with E-state index in [1.54, 1.807) is 0 Å². The molecule has 0 bridgehead atoms. The van der Waals surface area contributed by atoms with Gasteiger partial charge in [0.2, 0.25) is 0 Å². The van der Waals surface area contributed by atoms with Gasteiger partial charge in [0.15, 0.2) is 4.16 Å². The van der Waals surface area contributed by atoms with Crippen LogP contribution < -0.4 is 0 Å². The number of rotatable bonds is 3. The molecular formula is C4H5BrFN3O2S. The van der Waals surface area contributed by atoms with Crippen molar-refractivity contribution in [3.8, 4) is 0 Å². The Labute approximate surface area is 76.9 Å². The summed E-state index contributed by atoms with van der Waals surface area (Å²) in [7, 11) is -4.56. The Morgan fingerprint density at radius 1 is 1.50 bits per heavy atom. The summed E-state index contributed by atoms with van der Waals surface area (Å²) < 4.78 is 31.5. The lowest BCUT2D eigenvalue weighted by molar-refractivity contribution is 0.515. The van der Waals surface area contributed by atoms with Crippen molar-refractivity contribution < 1.29 is 12.3 Å². The highest BCUT2D eigenvalue weighted by Crippen LogP contribution is 2.12. The van der Waals surface area contributed by atoms with Crippen molar-refractivity contribution in [2.24, 2.45) is 0 Å². The second-order valence-electron chi connectivity index (χ2n) is 1.97. The second kappa shape index (κ2) is 3.48. The fourth-order valence-corrected chi connectivity index (χ4v) is 1.13. The molecule has 5 nitrogen and oxygen atoms in total. The molecular weight excluding hydrogens is 253 g/mol. The maximum atomic E-state index is 12.2. The molecule has 0 fully saturated rings. The molecule has 68 valence electrons. The smallest absolute Gasteiger partial charge is 0.194 e. The third-order valence-corrected chi connectivity index (χ3v) is 3.47. The van der Waals surface area contributed by atoms with Gasteiger partial charge in [-0.3, -0.25) is 0 Å². The summed E-state index contributed by atoms with van der Waals surface area (Å²) in [5.41, 5.74) is 0. The van der Waals surface area contributed by atoms with Crippen molar-refractivity contribution in [2.75, 3.05) is 0 Å². The lowest BCUT2D eigenvalue weighted by Crippen LogP contribution is -2.18. The lowest BCUT2D eigenvalue weighted by Gasteiger charge is -2.02. The molecule has 0 spiro atoms. The van der Waals surface area contributed by atoms with Crippen LogP contribution in [0, 0.1) is 0 Å². The molecule has 1 atom stereocenters. The van der Waals surface area contributed by atoms with Crippen molar-refractivity contribution in [3.63, 3.8) is 0 Å². The van der Waals surface area contributed by atoms with Gasteiger partial charge >= 0.3 is 10.2 Å². The Hall–Kier alpha value is -0.500. The molecule has 1 unspecified atom stereocenters. The van der Waals surface area contributed by atoms with Crippen LogP contribution in [0.4, 0.5) is 3.89 Å². The molecule has 0 saturated heterocycles. The fraction of sp³-hybridized carbons (Fsp3) is 0.500. The Balaban J connectivity index is 2.66. The second-order valence-corrected chi connectivity index (χ2v) is 5.20. The number of aromatic nitrogens is 3. The Kier molecular flexibility index (Phi) is 2.78. The van der Waals surface area contributed by atoms with E-state index in [2.05, 4.69) is 26.1 Å². The third kappa shape index (κ3) is 2.52. The lowest BCUT2D eigenvalue weighted by atomic mass is 10.8. The van der Waals surface area contributed by atoms with Crippen LogP contribution in [0.2, 0.25) is 0 Å². The van der Waals surface area contributed by atoms with Gasteiger partial charge in [0.05, 0.1) is 18.9 Å². The van der Waals surface area contributed by atoms with Crippen LogP contribution in [0.1, 0.15) is 0 Å². The quantitative estimate of drug-likeness (QED) is 0.577. The highest BCUT2D eigenvalue weighted by atomic mass is 79.9. The fourth-order valence-electron chi connectivity index (χ4n) is 0.555. The van der Waals surface area contributed by atoms with Gasteiger partial charge < -0.3 is 0 Å². The first-order chi connectivity index (χ1) is 5.50. The number of hydrogen-bond acceptors (Lipinski definition) is 4. The van der Waals surface area contributed by atoms with Gasteiger partial charge in [-0.25, -0.2) is 0 Å². The summed E-state index contributed by atoms with van der Waals surface area (Å²) in [6.45, 7) is -0.147. The molecule has 8 heteroatoms. The zero-order valence-electron chi connectivity index (χ0n) is 5.76. The first kappa shape index (κ1) is 9.59. The SMILES string of the molecule is O=S(=O)(F)C(Br)Cn1nccn1. The van der Waals surface area contributed by atoms with Crippen LogP contribution in [-0.2, 0) is 16.8 Å². The van der Waals surface area contributed by atoms with Gasteiger partial charge in [0.1, 0.15) is 0 Å². The molecule has 0 N–H and O–H groups in total. The number of nitrogens with zero attached hydrogens (tertiary/aromatic N) is 3. The Morgan fingerprint density at radius 2 is 2.00 bits per heavy atom. The zero-order chi connectivity index (χ0) is 9.19. The van der Waals surface area contributed by atoms with Gasteiger partial charge in [0, 0.05) is 0 Å². The van der Waals surface area contributed by atoms with E-state index in [4.69, 9.17) is 0 Å². The van der Waals surface area contributed by atoms with E-state index in [9.17, 15) is 12.3 Å². The highest BCUT2D eigenvalue weighted by Gasteiger charge is 2.22. The van der Waals surface area contributed by atoms with Crippen molar-refractivity contribution in [1.82, 2.24) is 15.0 Å². The molecule has 0 aliphatic rings. The van der Waals surface area contributed by atoms with E-state index in [-0.39, 0.29) is 6.54 Å². The molecule has 1 heterocycles. The van der Waals surface area contributed by atoms with E-state index in [0.717, 1.165) is 4.80 Å². The van der Waals surface area contributed by atoms with Crippen molar-refractivity contribution >= 4 is 26.2 Å². The average Bonchev–Trinajstić information content (AvgIpc) is 2.37. The highest BCUT2D eigenvalue weighted by molar-refractivity contribution is 9.11. The van der Waals surface area contributed by atoms with Crippen molar-refractivity contribution in [1.29, 1.82) is 0 Å². The van der Waals surface area contributed by atoms with Crippen LogP contribution >= 0.6 is 15.9 Å². The predicted octanol–water partition coefficient (Wildman–Crippen LogP) is 0.298. The predicted molar refractivity (Wildman–Crippen MR) is 42.8 cm³/mol. The van der Waals surface area contributed by atoms with E-state index < -0.39 is 14.4 Å². The topological polar surface area (TPSA) is 64.8 Å². The van der Waals surface area contributed by atoms with Gasteiger partial charge in [0.25, 0.3) is 0 Å². The summed E-state index contributed by atoms with van der Waals surface area (Å²) in [6.07, 6.45) is 2.76. The molecule has 0 amide bonds. The molecule has 0 aliphatic carbocycles.